The predicted molar refractivity (Wildman–Crippen MR) is 141 cm³/mol. The van der Waals surface area contributed by atoms with Crippen LogP contribution in [0.15, 0.2) is 48.7 Å². The van der Waals surface area contributed by atoms with Crippen molar-refractivity contribution in [3.63, 3.8) is 0 Å². The molecule has 2 saturated carbocycles. The maximum atomic E-state index is 13.5. The summed E-state index contributed by atoms with van der Waals surface area (Å²) in [4.78, 5) is 23.9. The van der Waals surface area contributed by atoms with Crippen LogP contribution in [0.4, 0.5) is 21.7 Å². The number of likely N-dealkylation sites (N-methyl/N-ethyl adjacent to an activating group) is 1. The number of carbonyl (C=O) groups is 1. The van der Waals surface area contributed by atoms with Gasteiger partial charge in [0.2, 0.25) is 11.9 Å². The zero-order chi connectivity index (χ0) is 25.1. The molecule has 9 heteroatoms. The Morgan fingerprint density at radius 1 is 1.22 bits per heavy atom. The smallest absolute Gasteiger partial charge is 0.248 e. The van der Waals surface area contributed by atoms with Gasteiger partial charge in [0.15, 0.2) is 0 Å². The molecule has 0 unspecified atom stereocenters. The number of hydrogen-bond donors (Lipinski definition) is 2. The van der Waals surface area contributed by atoms with Crippen molar-refractivity contribution in [2.75, 3.05) is 24.2 Å². The van der Waals surface area contributed by atoms with E-state index in [4.69, 9.17) is 16.3 Å². The number of ether oxygens (including phenoxy) is 1. The third-order valence-corrected chi connectivity index (χ3v) is 6.83. The van der Waals surface area contributed by atoms with Crippen LogP contribution in [0.2, 0.25) is 5.02 Å². The Kier molecular flexibility index (Phi) is 7.34. The van der Waals surface area contributed by atoms with Crippen molar-refractivity contribution in [1.29, 1.82) is 0 Å². The Morgan fingerprint density at radius 2 is 2.03 bits per heavy atom. The summed E-state index contributed by atoms with van der Waals surface area (Å²) < 4.78 is 19.8. The Bertz CT molecular complexity index is 1290. The minimum Gasteiger partial charge on any atom is -0.488 e. The largest absolute Gasteiger partial charge is 0.488 e. The van der Waals surface area contributed by atoms with Gasteiger partial charge < -0.3 is 15.4 Å². The number of rotatable bonds is 9. The third-order valence-electron chi connectivity index (χ3n) is 6.54. The summed E-state index contributed by atoms with van der Waals surface area (Å²) in [5.74, 6) is 0.231. The molecule has 2 fully saturated rings. The maximum absolute atomic E-state index is 13.5. The Labute approximate surface area is 214 Å². The van der Waals surface area contributed by atoms with Crippen molar-refractivity contribution in [2.45, 2.75) is 50.7 Å². The molecule has 2 aliphatic carbocycles. The number of hydrogen-bond acceptors (Lipinski definition) is 6. The molecule has 188 valence electrons. The Morgan fingerprint density at radius 3 is 2.78 bits per heavy atom. The molecule has 2 aliphatic rings. The molecule has 2 aromatic carbocycles. The molecule has 2 N–H and O–H groups in total. The molecule has 0 radical (unpaired) electrons. The minimum absolute atomic E-state index is 0.0154. The van der Waals surface area contributed by atoms with Crippen molar-refractivity contribution in [2.24, 2.45) is 0 Å². The molecule has 1 aromatic heterocycles. The van der Waals surface area contributed by atoms with Crippen molar-refractivity contribution < 1.29 is 13.9 Å². The number of nitrogens with zero attached hydrogens (tertiary/aromatic N) is 3. The lowest BCUT2D eigenvalue weighted by Gasteiger charge is -2.18. The van der Waals surface area contributed by atoms with Crippen LogP contribution in [0, 0.1) is 5.82 Å². The highest BCUT2D eigenvalue weighted by atomic mass is 35.5. The molecule has 3 aromatic rings. The zero-order valence-electron chi connectivity index (χ0n) is 20.1. The number of fused-ring (bicyclic) bond motifs is 1. The highest BCUT2D eigenvalue weighted by Crippen LogP contribution is 2.34. The topological polar surface area (TPSA) is 79.4 Å². The molecule has 0 saturated heterocycles. The van der Waals surface area contributed by atoms with E-state index in [1.54, 1.807) is 18.3 Å². The van der Waals surface area contributed by atoms with Gasteiger partial charge >= 0.3 is 0 Å². The van der Waals surface area contributed by atoms with Crippen LogP contribution in [0.1, 0.15) is 38.5 Å². The van der Waals surface area contributed by atoms with Gasteiger partial charge in [-0.2, -0.15) is 0 Å². The number of halogens is 2. The fourth-order valence-corrected chi connectivity index (χ4v) is 4.55. The molecule has 36 heavy (non-hydrogen) atoms. The van der Waals surface area contributed by atoms with Gasteiger partial charge in [0.05, 0.1) is 22.3 Å². The van der Waals surface area contributed by atoms with Gasteiger partial charge in [0, 0.05) is 42.0 Å². The molecular weight excluding hydrogens is 481 g/mol. The highest BCUT2D eigenvalue weighted by Gasteiger charge is 2.25. The standard InChI is InChI=1S/C27H29ClFN5O2/c1-34(19-9-10-19)12-4-7-26(35)32-24-13-17-16-30-27(31-18-8-11-22(29)21(28)14-18)33-23(17)15-25(24)36-20-5-2-3-6-20/h4,7-8,11,13-16,19-20H,2-3,5-6,9-10,12H2,1H3,(H,32,35)(H,30,31,33). The molecule has 1 amide bonds. The van der Waals surface area contributed by atoms with Crippen LogP contribution < -0.4 is 15.4 Å². The van der Waals surface area contributed by atoms with Gasteiger partial charge in [-0.3, -0.25) is 9.69 Å². The number of aromatic nitrogens is 2. The zero-order valence-corrected chi connectivity index (χ0v) is 20.9. The molecule has 0 atom stereocenters. The van der Waals surface area contributed by atoms with E-state index in [1.165, 1.54) is 25.0 Å². The van der Waals surface area contributed by atoms with Crippen LogP contribution in [0.3, 0.4) is 0 Å². The Balaban J connectivity index is 1.37. The number of benzene rings is 2. The van der Waals surface area contributed by atoms with Gasteiger partial charge in [0.1, 0.15) is 11.6 Å². The number of anilines is 3. The monoisotopic (exact) mass is 509 g/mol. The van der Waals surface area contributed by atoms with Crippen LogP contribution in [-0.2, 0) is 4.79 Å². The van der Waals surface area contributed by atoms with E-state index in [9.17, 15) is 9.18 Å². The number of amides is 1. The van der Waals surface area contributed by atoms with Crippen molar-refractivity contribution in [1.82, 2.24) is 14.9 Å². The molecular formula is C27H29ClFN5O2. The first-order valence-corrected chi connectivity index (χ1v) is 12.7. The second-order valence-corrected chi connectivity index (χ2v) is 9.85. The van der Waals surface area contributed by atoms with E-state index >= 15 is 0 Å². The van der Waals surface area contributed by atoms with E-state index in [0.717, 1.165) is 37.6 Å². The molecule has 1 heterocycles. The third kappa shape index (κ3) is 6.12. The van der Waals surface area contributed by atoms with Gasteiger partial charge in [0.25, 0.3) is 0 Å². The van der Waals surface area contributed by atoms with Crippen molar-refractivity contribution in [3.05, 3.63) is 59.5 Å². The SMILES string of the molecule is CN(CC=CC(=O)Nc1cc2cnc(Nc3ccc(F)c(Cl)c3)nc2cc1OC1CCCC1)C1CC1. The fraction of sp³-hybridized carbons (Fsp3) is 0.370. The van der Waals surface area contributed by atoms with Crippen molar-refractivity contribution >= 4 is 45.7 Å². The molecule has 0 aliphatic heterocycles. The van der Waals surface area contributed by atoms with E-state index < -0.39 is 5.82 Å². The summed E-state index contributed by atoms with van der Waals surface area (Å²) in [6, 6.07) is 8.64. The van der Waals surface area contributed by atoms with E-state index in [2.05, 4.69) is 32.5 Å². The first-order valence-electron chi connectivity index (χ1n) is 12.3. The second kappa shape index (κ2) is 10.8. The summed E-state index contributed by atoms with van der Waals surface area (Å²) in [5, 5.41) is 6.79. The summed E-state index contributed by atoms with van der Waals surface area (Å²) in [7, 11) is 2.07. The van der Waals surface area contributed by atoms with Gasteiger partial charge in [-0.1, -0.05) is 17.7 Å². The predicted octanol–water partition coefficient (Wildman–Crippen LogP) is 6.08. The quantitative estimate of drug-likeness (QED) is 0.340. The highest BCUT2D eigenvalue weighted by molar-refractivity contribution is 6.31. The van der Waals surface area contributed by atoms with E-state index in [0.29, 0.717) is 34.6 Å². The molecule has 0 spiro atoms. The Hall–Kier alpha value is -3.23. The van der Waals surface area contributed by atoms with E-state index in [1.807, 2.05) is 18.2 Å². The van der Waals surface area contributed by atoms with Crippen LogP contribution in [-0.4, -0.2) is 46.5 Å². The average Bonchev–Trinajstić information content (AvgIpc) is 3.59. The van der Waals surface area contributed by atoms with Gasteiger partial charge in [-0.05, 0) is 69.8 Å². The lowest BCUT2D eigenvalue weighted by molar-refractivity contribution is -0.111. The van der Waals surface area contributed by atoms with Crippen LogP contribution >= 0.6 is 11.6 Å². The normalized spacial score (nSPS) is 16.2. The summed E-state index contributed by atoms with van der Waals surface area (Å²) in [6.45, 7) is 0.740. The minimum atomic E-state index is -0.491. The van der Waals surface area contributed by atoms with Crippen molar-refractivity contribution in [3.8, 4) is 5.75 Å². The van der Waals surface area contributed by atoms with E-state index in [-0.39, 0.29) is 17.0 Å². The van der Waals surface area contributed by atoms with Crippen LogP contribution in [0.5, 0.6) is 5.75 Å². The van der Waals surface area contributed by atoms with Crippen LogP contribution in [0.25, 0.3) is 10.9 Å². The maximum Gasteiger partial charge on any atom is 0.248 e. The molecule has 0 bridgehead atoms. The first-order chi connectivity index (χ1) is 17.4. The number of nitrogens with one attached hydrogen (secondary N) is 2. The second-order valence-electron chi connectivity index (χ2n) is 9.44. The van der Waals surface area contributed by atoms with Gasteiger partial charge in [-0.25, -0.2) is 14.4 Å². The van der Waals surface area contributed by atoms with Gasteiger partial charge in [-0.15, -0.1) is 0 Å². The first kappa shape index (κ1) is 24.5. The molecule has 7 nitrogen and oxygen atoms in total. The number of carbonyl (C=O) groups excluding carboxylic acids is 1. The molecule has 5 rings (SSSR count). The summed E-state index contributed by atoms with van der Waals surface area (Å²) >= 11 is 5.89. The lowest BCUT2D eigenvalue weighted by atomic mass is 10.2. The summed E-state index contributed by atoms with van der Waals surface area (Å²) in [6.07, 6.45) is 11.9. The fourth-order valence-electron chi connectivity index (χ4n) is 4.37. The summed E-state index contributed by atoms with van der Waals surface area (Å²) in [5.41, 5.74) is 1.83. The lowest BCUT2D eigenvalue weighted by Crippen LogP contribution is -2.21. The average molecular weight is 510 g/mol.